The number of nitrogens with one attached hydrogen (secondary N) is 1. The predicted octanol–water partition coefficient (Wildman–Crippen LogP) is 3.12. The first-order chi connectivity index (χ1) is 11.2. The van der Waals surface area contributed by atoms with Gasteiger partial charge in [-0.2, -0.15) is 0 Å². The highest BCUT2D eigenvalue weighted by Crippen LogP contribution is 2.13. The fourth-order valence-corrected chi connectivity index (χ4v) is 2.00. The number of rotatable bonds is 6. The van der Waals surface area contributed by atoms with Gasteiger partial charge in [-0.05, 0) is 23.3 Å². The number of hydrogen-bond donors (Lipinski definition) is 2. The molecular weight excluding hydrogens is 290 g/mol. The zero-order valence-corrected chi connectivity index (χ0v) is 12.8. The van der Waals surface area contributed by atoms with Crippen LogP contribution < -0.4 is 10.1 Å². The van der Waals surface area contributed by atoms with E-state index >= 15 is 0 Å². The predicted molar refractivity (Wildman–Crippen MR) is 89.6 cm³/mol. The van der Waals surface area contributed by atoms with E-state index in [1.807, 2.05) is 42.5 Å². The lowest BCUT2D eigenvalue weighted by atomic mass is 10.1. The van der Waals surface area contributed by atoms with Crippen molar-refractivity contribution in [3.05, 3.63) is 65.7 Å². The van der Waals surface area contributed by atoms with Crippen LogP contribution in [0.25, 0.3) is 0 Å². The van der Waals surface area contributed by atoms with Gasteiger partial charge in [0, 0.05) is 12.8 Å². The molecule has 0 aromatic heterocycles. The van der Waals surface area contributed by atoms with Gasteiger partial charge in [0.25, 0.3) is 0 Å². The minimum absolute atomic E-state index is 0.260. The molecule has 0 saturated carbocycles. The molecule has 118 valence electrons. The molecule has 0 aliphatic carbocycles. The lowest BCUT2D eigenvalue weighted by Crippen LogP contribution is -2.26. The molecule has 0 radical (unpaired) electrons. The molecule has 23 heavy (non-hydrogen) atoms. The normalized spacial score (nSPS) is 9.57. The minimum atomic E-state index is -1.05. The molecule has 0 fully saturated rings. The highest BCUT2D eigenvalue weighted by Gasteiger charge is 1.97. The molecule has 0 saturated heterocycles. The van der Waals surface area contributed by atoms with Crippen molar-refractivity contribution in [3.63, 3.8) is 0 Å². The van der Waals surface area contributed by atoms with Gasteiger partial charge in [-0.25, -0.2) is 4.79 Å². The molecule has 0 spiro atoms. The van der Waals surface area contributed by atoms with Crippen molar-refractivity contribution in [2.45, 2.75) is 12.8 Å². The second-order valence-corrected chi connectivity index (χ2v) is 4.92. The van der Waals surface area contributed by atoms with Crippen LogP contribution in [0, 0.1) is 11.8 Å². The van der Waals surface area contributed by atoms with Gasteiger partial charge in [-0.1, -0.05) is 54.3 Å². The van der Waals surface area contributed by atoms with Crippen molar-refractivity contribution in [3.8, 4) is 17.6 Å². The third-order valence-corrected chi connectivity index (χ3v) is 3.10. The van der Waals surface area contributed by atoms with Crippen molar-refractivity contribution in [2.75, 3.05) is 13.2 Å². The van der Waals surface area contributed by atoms with Crippen LogP contribution in [-0.2, 0) is 12.8 Å². The Bertz CT molecular complexity index is 687. The number of benzene rings is 2. The number of hydrogen-bond acceptors (Lipinski definition) is 2. The molecule has 2 aromatic carbocycles. The Morgan fingerprint density at radius 1 is 1.00 bits per heavy atom. The second kappa shape index (κ2) is 9.16. The van der Waals surface area contributed by atoms with Crippen LogP contribution >= 0.6 is 0 Å². The molecule has 0 aliphatic rings. The van der Waals surface area contributed by atoms with E-state index in [2.05, 4.69) is 29.3 Å². The standard InChI is InChI=1S/C19H19NO3/c21-19(22)20-13-14-23-18-12-6-11-17(15-18)10-5-4-9-16-7-2-1-3-8-16/h1-3,6-8,11-12,15,20H,9-10,13-14H2,(H,21,22). The summed E-state index contributed by atoms with van der Waals surface area (Å²) in [6, 6.07) is 17.8. The number of ether oxygens (including phenoxy) is 1. The Hall–Kier alpha value is -2.93. The van der Waals surface area contributed by atoms with Crippen molar-refractivity contribution in [1.82, 2.24) is 5.32 Å². The summed E-state index contributed by atoms with van der Waals surface area (Å²) in [7, 11) is 0. The Labute approximate surface area is 136 Å². The van der Waals surface area contributed by atoms with E-state index in [0.29, 0.717) is 13.0 Å². The first-order valence-corrected chi connectivity index (χ1v) is 7.42. The van der Waals surface area contributed by atoms with Crippen LogP contribution in [0.15, 0.2) is 54.6 Å². The molecule has 4 nitrogen and oxygen atoms in total. The van der Waals surface area contributed by atoms with Crippen LogP contribution in [0.2, 0.25) is 0 Å². The first kappa shape index (κ1) is 16.4. The van der Waals surface area contributed by atoms with Gasteiger partial charge in [0.05, 0.1) is 6.54 Å². The summed E-state index contributed by atoms with van der Waals surface area (Å²) in [6.45, 7) is 0.561. The largest absolute Gasteiger partial charge is 0.492 e. The molecule has 2 rings (SSSR count). The fraction of sp³-hybridized carbons (Fsp3) is 0.211. The molecule has 2 aromatic rings. The summed E-state index contributed by atoms with van der Waals surface area (Å²) in [5.41, 5.74) is 2.29. The summed E-state index contributed by atoms with van der Waals surface area (Å²) in [5, 5.41) is 10.7. The topological polar surface area (TPSA) is 58.6 Å². The van der Waals surface area contributed by atoms with Crippen LogP contribution in [-0.4, -0.2) is 24.4 Å². The van der Waals surface area contributed by atoms with Crippen LogP contribution in [0.4, 0.5) is 4.79 Å². The molecule has 1 amide bonds. The van der Waals surface area contributed by atoms with Crippen LogP contribution in [0.1, 0.15) is 11.1 Å². The van der Waals surface area contributed by atoms with Gasteiger partial charge in [0.2, 0.25) is 0 Å². The SMILES string of the molecule is O=C(O)NCCOc1cccc(CC#CCc2ccccc2)c1. The molecule has 2 N–H and O–H groups in total. The quantitative estimate of drug-likeness (QED) is 0.637. The van der Waals surface area contributed by atoms with E-state index in [0.717, 1.165) is 17.7 Å². The molecule has 4 heteroatoms. The highest BCUT2D eigenvalue weighted by atomic mass is 16.5. The lowest BCUT2D eigenvalue weighted by molar-refractivity contribution is 0.191. The Kier molecular flexibility index (Phi) is 6.55. The van der Waals surface area contributed by atoms with Crippen LogP contribution in [0.3, 0.4) is 0 Å². The molecule has 0 bridgehead atoms. The molecular formula is C19H19NO3. The molecule has 0 heterocycles. The third-order valence-electron chi connectivity index (χ3n) is 3.10. The van der Waals surface area contributed by atoms with Gasteiger partial charge < -0.3 is 15.2 Å². The Balaban J connectivity index is 1.79. The maximum Gasteiger partial charge on any atom is 0.404 e. The van der Waals surface area contributed by atoms with Crippen molar-refractivity contribution in [2.24, 2.45) is 0 Å². The summed E-state index contributed by atoms with van der Waals surface area (Å²) >= 11 is 0. The molecule has 0 atom stereocenters. The van der Waals surface area contributed by atoms with E-state index in [9.17, 15) is 4.79 Å². The maximum atomic E-state index is 10.3. The summed E-state index contributed by atoms with van der Waals surface area (Å²) in [5.74, 6) is 7.05. The van der Waals surface area contributed by atoms with Crippen LogP contribution in [0.5, 0.6) is 5.75 Å². The summed E-state index contributed by atoms with van der Waals surface area (Å²) < 4.78 is 5.50. The van der Waals surface area contributed by atoms with E-state index in [1.165, 1.54) is 5.56 Å². The van der Waals surface area contributed by atoms with E-state index in [-0.39, 0.29) is 6.54 Å². The van der Waals surface area contributed by atoms with Gasteiger partial charge in [0.1, 0.15) is 12.4 Å². The molecule has 0 unspecified atom stereocenters. The second-order valence-electron chi connectivity index (χ2n) is 4.92. The maximum absolute atomic E-state index is 10.3. The lowest BCUT2D eigenvalue weighted by Gasteiger charge is -2.07. The van der Waals surface area contributed by atoms with Crippen molar-refractivity contribution in [1.29, 1.82) is 0 Å². The number of amides is 1. The number of carbonyl (C=O) groups is 1. The summed E-state index contributed by atoms with van der Waals surface area (Å²) in [6.07, 6.45) is 0.367. The average Bonchev–Trinajstić information content (AvgIpc) is 2.57. The van der Waals surface area contributed by atoms with Gasteiger partial charge in [0.15, 0.2) is 0 Å². The third kappa shape index (κ3) is 6.58. The van der Waals surface area contributed by atoms with Gasteiger partial charge in [-0.3, -0.25) is 0 Å². The average molecular weight is 309 g/mol. The monoisotopic (exact) mass is 309 g/mol. The van der Waals surface area contributed by atoms with E-state index in [4.69, 9.17) is 9.84 Å². The zero-order chi connectivity index (χ0) is 16.3. The minimum Gasteiger partial charge on any atom is -0.492 e. The van der Waals surface area contributed by atoms with Gasteiger partial charge >= 0.3 is 6.09 Å². The van der Waals surface area contributed by atoms with Crippen molar-refractivity contribution < 1.29 is 14.6 Å². The fourth-order valence-electron chi connectivity index (χ4n) is 2.00. The van der Waals surface area contributed by atoms with E-state index in [1.54, 1.807) is 0 Å². The highest BCUT2D eigenvalue weighted by molar-refractivity contribution is 5.64. The Morgan fingerprint density at radius 2 is 1.70 bits per heavy atom. The molecule has 0 aliphatic heterocycles. The first-order valence-electron chi connectivity index (χ1n) is 7.42. The smallest absolute Gasteiger partial charge is 0.404 e. The zero-order valence-electron chi connectivity index (χ0n) is 12.8. The van der Waals surface area contributed by atoms with Crippen molar-refractivity contribution >= 4 is 6.09 Å². The Morgan fingerprint density at radius 3 is 2.43 bits per heavy atom. The summed E-state index contributed by atoms with van der Waals surface area (Å²) in [4.78, 5) is 10.3. The van der Waals surface area contributed by atoms with E-state index < -0.39 is 6.09 Å². The van der Waals surface area contributed by atoms with Gasteiger partial charge in [-0.15, -0.1) is 0 Å². The number of carboxylic acid groups (broad SMARTS) is 1.